The molecule has 1 unspecified atom stereocenters. The molecule has 128 valence electrons. The zero-order valence-electron chi connectivity index (χ0n) is 13.9. The summed E-state index contributed by atoms with van der Waals surface area (Å²) < 4.78 is 14.0. The number of anilines is 1. The molecule has 0 radical (unpaired) electrons. The van der Waals surface area contributed by atoms with Gasteiger partial charge < -0.3 is 15.7 Å². The molecule has 2 amide bonds. The molecule has 1 atom stereocenters. The molecule has 0 aliphatic carbocycles. The molecule has 0 aromatic heterocycles. The summed E-state index contributed by atoms with van der Waals surface area (Å²) in [5, 5.41) is 14.5. The van der Waals surface area contributed by atoms with Crippen molar-refractivity contribution in [3.05, 3.63) is 29.6 Å². The second-order valence-electron chi connectivity index (χ2n) is 5.95. The zero-order valence-corrected chi connectivity index (χ0v) is 13.9. The number of hydrogen-bond acceptors (Lipinski definition) is 3. The van der Waals surface area contributed by atoms with E-state index in [1.807, 2.05) is 20.8 Å². The number of nitrogens with one attached hydrogen (secondary N) is 2. The number of halogens is 1. The van der Waals surface area contributed by atoms with Gasteiger partial charge in [0.15, 0.2) is 0 Å². The minimum absolute atomic E-state index is 0.0635. The first kappa shape index (κ1) is 19.1. The SMILES string of the molecule is CCC(O)CCNC(=O)c1ccc(NC(=O)CC(C)C)c(F)c1. The van der Waals surface area contributed by atoms with Crippen LogP contribution in [-0.4, -0.2) is 29.6 Å². The lowest BCUT2D eigenvalue weighted by Gasteiger charge is -2.11. The van der Waals surface area contributed by atoms with E-state index >= 15 is 0 Å². The fourth-order valence-electron chi connectivity index (χ4n) is 1.99. The van der Waals surface area contributed by atoms with Gasteiger partial charge in [-0.05, 0) is 37.0 Å². The van der Waals surface area contributed by atoms with Gasteiger partial charge in [-0.2, -0.15) is 0 Å². The molecule has 6 heteroatoms. The van der Waals surface area contributed by atoms with Crippen LogP contribution in [0.4, 0.5) is 10.1 Å². The van der Waals surface area contributed by atoms with Crippen LogP contribution in [0.25, 0.3) is 0 Å². The summed E-state index contributed by atoms with van der Waals surface area (Å²) in [6.07, 6.45) is 0.927. The van der Waals surface area contributed by atoms with Crippen LogP contribution in [0.15, 0.2) is 18.2 Å². The van der Waals surface area contributed by atoms with Crippen molar-refractivity contribution in [2.75, 3.05) is 11.9 Å². The molecule has 5 nitrogen and oxygen atoms in total. The van der Waals surface area contributed by atoms with Crippen molar-refractivity contribution in [2.45, 2.75) is 46.1 Å². The van der Waals surface area contributed by atoms with Crippen LogP contribution in [0.3, 0.4) is 0 Å². The van der Waals surface area contributed by atoms with Crippen LogP contribution in [0, 0.1) is 11.7 Å². The molecule has 0 fully saturated rings. The number of rotatable bonds is 8. The average molecular weight is 324 g/mol. The maximum absolute atomic E-state index is 14.0. The molecule has 0 saturated carbocycles. The summed E-state index contributed by atoms with van der Waals surface area (Å²) in [6.45, 7) is 5.98. The summed E-state index contributed by atoms with van der Waals surface area (Å²) in [5.41, 5.74) is 0.240. The minimum Gasteiger partial charge on any atom is -0.393 e. The van der Waals surface area contributed by atoms with E-state index in [0.717, 1.165) is 6.07 Å². The fraction of sp³-hybridized carbons (Fsp3) is 0.529. The van der Waals surface area contributed by atoms with E-state index in [4.69, 9.17) is 0 Å². The Morgan fingerprint density at radius 3 is 2.57 bits per heavy atom. The standard InChI is InChI=1S/C17H25FN2O3/c1-4-13(21)7-8-19-17(23)12-5-6-15(14(18)10-12)20-16(22)9-11(2)3/h5-6,10-11,13,21H,4,7-9H2,1-3H3,(H,19,23)(H,20,22). The lowest BCUT2D eigenvalue weighted by atomic mass is 10.1. The first-order chi connectivity index (χ1) is 10.8. The van der Waals surface area contributed by atoms with Crippen LogP contribution < -0.4 is 10.6 Å². The molecule has 0 aliphatic rings. The van der Waals surface area contributed by atoms with Gasteiger partial charge in [0, 0.05) is 18.5 Å². The number of benzene rings is 1. The number of carbonyl (C=O) groups excluding carboxylic acids is 2. The predicted molar refractivity (Wildman–Crippen MR) is 87.7 cm³/mol. The number of aliphatic hydroxyl groups excluding tert-OH is 1. The molecule has 0 spiro atoms. The maximum atomic E-state index is 14.0. The van der Waals surface area contributed by atoms with Crippen molar-refractivity contribution in [1.82, 2.24) is 5.32 Å². The molecule has 1 aromatic rings. The highest BCUT2D eigenvalue weighted by molar-refractivity contribution is 5.95. The van der Waals surface area contributed by atoms with Crippen LogP contribution in [0.1, 0.15) is 50.4 Å². The molecule has 0 saturated heterocycles. The highest BCUT2D eigenvalue weighted by Crippen LogP contribution is 2.17. The highest BCUT2D eigenvalue weighted by Gasteiger charge is 2.12. The van der Waals surface area contributed by atoms with Gasteiger partial charge in [0.05, 0.1) is 11.8 Å². The first-order valence-electron chi connectivity index (χ1n) is 7.89. The quantitative estimate of drug-likeness (QED) is 0.688. The molecular formula is C17H25FN2O3. The molecular weight excluding hydrogens is 299 g/mol. The zero-order chi connectivity index (χ0) is 17.4. The summed E-state index contributed by atoms with van der Waals surface area (Å²) in [7, 11) is 0. The summed E-state index contributed by atoms with van der Waals surface area (Å²) in [6, 6.07) is 3.93. The molecule has 3 N–H and O–H groups in total. The number of amides is 2. The van der Waals surface area contributed by atoms with Crippen molar-refractivity contribution in [3.63, 3.8) is 0 Å². The average Bonchev–Trinajstić information content (AvgIpc) is 2.48. The van der Waals surface area contributed by atoms with Crippen molar-refractivity contribution in [2.24, 2.45) is 5.92 Å². The van der Waals surface area contributed by atoms with Gasteiger partial charge in [0.1, 0.15) is 5.82 Å². The van der Waals surface area contributed by atoms with Crippen LogP contribution in [0.2, 0.25) is 0 Å². The van der Waals surface area contributed by atoms with Crippen molar-refractivity contribution >= 4 is 17.5 Å². The van der Waals surface area contributed by atoms with Gasteiger partial charge in [-0.1, -0.05) is 20.8 Å². The number of hydrogen-bond donors (Lipinski definition) is 3. The molecule has 0 bridgehead atoms. The largest absolute Gasteiger partial charge is 0.393 e. The highest BCUT2D eigenvalue weighted by atomic mass is 19.1. The van der Waals surface area contributed by atoms with Gasteiger partial charge in [-0.3, -0.25) is 9.59 Å². The monoisotopic (exact) mass is 324 g/mol. The number of aliphatic hydroxyl groups is 1. The van der Waals surface area contributed by atoms with Crippen LogP contribution in [-0.2, 0) is 4.79 Å². The minimum atomic E-state index is -0.650. The Labute approximate surface area is 136 Å². The second-order valence-corrected chi connectivity index (χ2v) is 5.95. The van der Waals surface area contributed by atoms with Crippen LogP contribution in [0.5, 0.6) is 0 Å². The van der Waals surface area contributed by atoms with Gasteiger partial charge in [-0.15, -0.1) is 0 Å². The second kappa shape index (κ2) is 9.25. The van der Waals surface area contributed by atoms with Gasteiger partial charge in [-0.25, -0.2) is 4.39 Å². The Balaban J connectivity index is 2.61. The molecule has 0 aliphatic heterocycles. The van der Waals surface area contributed by atoms with E-state index in [0.29, 0.717) is 25.8 Å². The van der Waals surface area contributed by atoms with Gasteiger partial charge in [0.2, 0.25) is 5.91 Å². The Kier molecular flexibility index (Phi) is 7.68. The third kappa shape index (κ3) is 6.78. The molecule has 0 heterocycles. The number of carbonyl (C=O) groups is 2. The van der Waals surface area contributed by atoms with E-state index in [1.54, 1.807) is 0 Å². The lowest BCUT2D eigenvalue weighted by Crippen LogP contribution is -2.27. The van der Waals surface area contributed by atoms with E-state index in [9.17, 15) is 19.1 Å². The first-order valence-corrected chi connectivity index (χ1v) is 7.89. The molecule has 1 aromatic carbocycles. The van der Waals surface area contributed by atoms with E-state index in [-0.39, 0.29) is 23.1 Å². The Bertz CT molecular complexity index is 547. The predicted octanol–water partition coefficient (Wildman–Crippen LogP) is 2.70. The van der Waals surface area contributed by atoms with E-state index in [1.165, 1.54) is 12.1 Å². The normalized spacial score (nSPS) is 12.1. The fourth-order valence-corrected chi connectivity index (χ4v) is 1.99. The summed E-state index contributed by atoms with van der Waals surface area (Å²) in [4.78, 5) is 23.5. The van der Waals surface area contributed by atoms with Crippen molar-refractivity contribution in [1.29, 1.82) is 0 Å². The Morgan fingerprint density at radius 2 is 2.00 bits per heavy atom. The topological polar surface area (TPSA) is 78.4 Å². The molecule has 23 heavy (non-hydrogen) atoms. The van der Waals surface area contributed by atoms with E-state index < -0.39 is 17.8 Å². The third-order valence-corrected chi connectivity index (χ3v) is 3.33. The summed E-state index contributed by atoms with van der Waals surface area (Å²) in [5.74, 6) is -1.14. The summed E-state index contributed by atoms with van der Waals surface area (Å²) >= 11 is 0. The Hall–Kier alpha value is -1.95. The van der Waals surface area contributed by atoms with Crippen molar-refractivity contribution in [3.8, 4) is 0 Å². The van der Waals surface area contributed by atoms with Gasteiger partial charge >= 0.3 is 0 Å². The van der Waals surface area contributed by atoms with Crippen LogP contribution >= 0.6 is 0 Å². The maximum Gasteiger partial charge on any atom is 0.251 e. The third-order valence-electron chi connectivity index (χ3n) is 3.33. The van der Waals surface area contributed by atoms with Crippen molar-refractivity contribution < 1.29 is 19.1 Å². The van der Waals surface area contributed by atoms with E-state index in [2.05, 4.69) is 10.6 Å². The Morgan fingerprint density at radius 1 is 1.30 bits per heavy atom. The molecule has 1 rings (SSSR count). The lowest BCUT2D eigenvalue weighted by molar-refractivity contribution is -0.116. The van der Waals surface area contributed by atoms with Gasteiger partial charge in [0.25, 0.3) is 5.91 Å². The smallest absolute Gasteiger partial charge is 0.251 e.